The number of nitrogens with zero attached hydrogens (tertiary/aromatic N) is 1. The molecule has 0 aliphatic heterocycles. The highest BCUT2D eigenvalue weighted by Gasteiger charge is 2.14. The third-order valence-corrected chi connectivity index (χ3v) is 1.16. The number of hydrogen-bond acceptors (Lipinski definition) is 4. The Bertz CT molecular complexity index is 175. The van der Waals surface area contributed by atoms with Crippen LogP contribution in [0.1, 0.15) is 6.42 Å². The van der Waals surface area contributed by atoms with E-state index in [1.165, 1.54) is 0 Å². The van der Waals surface area contributed by atoms with Gasteiger partial charge in [-0.15, -0.1) is 0 Å². The molecule has 84 valence electrons. The predicted octanol–water partition coefficient (Wildman–Crippen LogP) is -2.11. The van der Waals surface area contributed by atoms with Crippen LogP contribution in [0.4, 0.5) is 0 Å². The maximum absolute atomic E-state index is 10.0. The molecule has 0 spiro atoms. The predicted molar refractivity (Wildman–Crippen MR) is 47.2 cm³/mol. The van der Waals surface area contributed by atoms with Crippen molar-refractivity contribution in [3.05, 3.63) is 0 Å². The van der Waals surface area contributed by atoms with Crippen LogP contribution in [0, 0.1) is 0 Å². The van der Waals surface area contributed by atoms with Gasteiger partial charge in [0.1, 0.15) is 12.6 Å². The highest BCUT2D eigenvalue weighted by atomic mass is 16.4. The van der Waals surface area contributed by atoms with Gasteiger partial charge in [-0.1, -0.05) is 0 Å². The van der Waals surface area contributed by atoms with Crippen molar-refractivity contribution in [1.29, 1.82) is 0 Å². The molecule has 6 nitrogen and oxygen atoms in total. The quantitative estimate of drug-likeness (QED) is 0.406. The molecular weight excluding hydrogens is 190 g/mol. The summed E-state index contributed by atoms with van der Waals surface area (Å²) in [5, 5.41) is 26.0. The molecule has 0 aromatic carbocycles. The fourth-order valence-corrected chi connectivity index (χ4v) is 0.889. The average Bonchev–Trinajstić information content (AvgIpc) is 1.80. The van der Waals surface area contributed by atoms with Crippen molar-refractivity contribution in [1.82, 2.24) is 0 Å². The maximum Gasteiger partial charge on any atom is 0.290 e. The summed E-state index contributed by atoms with van der Waals surface area (Å²) in [7, 11) is 5.66. The van der Waals surface area contributed by atoms with Gasteiger partial charge in [-0.2, -0.15) is 0 Å². The van der Waals surface area contributed by atoms with Crippen LogP contribution in [0.25, 0.3) is 0 Å². The molecule has 0 amide bonds. The van der Waals surface area contributed by atoms with E-state index < -0.39 is 12.1 Å². The lowest BCUT2D eigenvalue weighted by Gasteiger charge is -2.26. The summed E-state index contributed by atoms with van der Waals surface area (Å²) in [6, 6.07) is 0. The Morgan fingerprint density at radius 1 is 1.50 bits per heavy atom. The molecule has 1 atom stereocenters. The van der Waals surface area contributed by atoms with Crippen LogP contribution < -0.4 is 5.11 Å². The first-order valence-electron chi connectivity index (χ1n) is 3.99. The molecule has 0 aromatic heterocycles. The zero-order valence-corrected chi connectivity index (χ0v) is 8.64. The van der Waals surface area contributed by atoms with E-state index in [0.717, 1.165) is 0 Å². The topological polar surface area (TPSA) is 97.7 Å². The molecule has 0 aliphatic carbocycles. The molecule has 0 aromatic rings. The molecule has 0 radical (unpaired) electrons. The molecule has 0 saturated heterocycles. The lowest BCUT2D eigenvalue weighted by molar-refractivity contribution is -0.873. The van der Waals surface area contributed by atoms with E-state index in [-0.39, 0.29) is 12.9 Å². The van der Waals surface area contributed by atoms with Crippen molar-refractivity contribution in [2.45, 2.75) is 12.5 Å². The number of carbonyl (C=O) groups excluding carboxylic acids is 1. The number of aliphatic hydroxyl groups excluding tert-OH is 1. The average molecular weight is 207 g/mol. The molecule has 14 heavy (non-hydrogen) atoms. The number of likely N-dealkylation sites (N-methyl/N-ethyl adjacent to an activating group) is 1. The smallest absolute Gasteiger partial charge is 0.290 e. The minimum absolute atomic E-state index is 0.250. The molecular formula is C8H17NO5. The van der Waals surface area contributed by atoms with Gasteiger partial charge >= 0.3 is 0 Å². The monoisotopic (exact) mass is 207 g/mol. The van der Waals surface area contributed by atoms with Gasteiger partial charge in [0.2, 0.25) is 0 Å². The van der Waals surface area contributed by atoms with Gasteiger partial charge in [0.05, 0.1) is 21.1 Å². The van der Waals surface area contributed by atoms with Gasteiger partial charge in [0.25, 0.3) is 6.47 Å². The number of aliphatic hydroxyl groups is 1. The zero-order chi connectivity index (χ0) is 11.8. The molecule has 2 N–H and O–H groups in total. The largest absolute Gasteiger partial charge is 0.550 e. The van der Waals surface area contributed by atoms with Gasteiger partial charge in [-0.25, -0.2) is 0 Å². The highest BCUT2D eigenvalue weighted by Crippen LogP contribution is 1.97. The first kappa shape index (κ1) is 15.3. The minimum atomic E-state index is -1.20. The van der Waals surface area contributed by atoms with Gasteiger partial charge in [0.15, 0.2) is 0 Å². The van der Waals surface area contributed by atoms with Crippen LogP contribution in [-0.2, 0) is 9.59 Å². The zero-order valence-electron chi connectivity index (χ0n) is 8.64. The van der Waals surface area contributed by atoms with Gasteiger partial charge < -0.3 is 24.6 Å². The first-order valence-corrected chi connectivity index (χ1v) is 3.99. The minimum Gasteiger partial charge on any atom is -0.550 e. The van der Waals surface area contributed by atoms with E-state index in [1.54, 1.807) is 0 Å². The molecule has 0 heterocycles. The molecule has 1 unspecified atom stereocenters. The summed E-state index contributed by atoms with van der Waals surface area (Å²) in [4.78, 5) is 18.4. The summed E-state index contributed by atoms with van der Waals surface area (Å²) in [6.07, 6.45) is -1.09. The first-order chi connectivity index (χ1) is 6.22. The SMILES string of the molecule is C[N+](C)(C)CC(O)CC(=O)[O-].O=CO. The van der Waals surface area contributed by atoms with Crippen LogP contribution in [0.15, 0.2) is 0 Å². The highest BCUT2D eigenvalue weighted by molar-refractivity contribution is 5.64. The van der Waals surface area contributed by atoms with Gasteiger partial charge in [-0.3, -0.25) is 4.79 Å². The summed E-state index contributed by atoms with van der Waals surface area (Å²) < 4.78 is 0.550. The normalized spacial score (nSPS) is 12.3. The number of quaternary nitrogens is 1. The van der Waals surface area contributed by atoms with Crippen LogP contribution >= 0.6 is 0 Å². The van der Waals surface area contributed by atoms with Crippen molar-refractivity contribution in [3.8, 4) is 0 Å². The molecule has 0 rings (SSSR count). The van der Waals surface area contributed by atoms with Crippen molar-refractivity contribution in [2.75, 3.05) is 27.7 Å². The number of hydrogen-bond donors (Lipinski definition) is 2. The van der Waals surface area contributed by atoms with Gasteiger partial charge in [0, 0.05) is 12.4 Å². The van der Waals surface area contributed by atoms with E-state index >= 15 is 0 Å². The summed E-state index contributed by atoms with van der Waals surface area (Å²) >= 11 is 0. The fourth-order valence-electron chi connectivity index (χ4n) is 0.889. The second-order valence-electron chi connectivity index (χ2n) is 3.81. The number of carboxylic acid groups (broad SMARTS) is 2. The standard InChI is InChI=1S/C7H15NO3.CH2O2/c1-8(2,3)5-6(9)4-7(10)11;2-1-3/h6,9H,4-5H2,1-3H3;1H,(H,2,3). The number of aliphatic carboxylic acids is 1. The Morgan fingerprint density at radius 3 is 2.07 bits per heavy atom. The molecule has 0 aliphatic rings. The van der Waals surface area contributed by atoms with E-state index in [0.29, 0.717) is 11.0 Å². The number of rotatable bonds is 4. The van der Waals surface area contributed by atoms with Crippen LogP contribution in [0.5, 0.6) is 0 Å². The van der Waals surface area contributed by atoms with E-state index in [2.05, 4.69) is 0 Å². The second-order valence-corrected chi connectivity index (χ2v) is 3.81. The third kappa shape index (κ3) is 17.1. The van der Waals surface area contributed by atoms with Crippen LogP contribution in [0.2, 0.25) is 0 Å². The second kappa shape index (κ2) is 7.28. The Hall–Kier alpha value is -1.14. The Labute approximate surface area is 83.0 Å². The van der Waals surface area contributed by atoms with Crippen molar-refractivity contribution in [3.63, 3.8) is 0 Å². The van der Waals surface area contributed by atoms with Crippen LogP contribution in [0.3, 0.4) is 0 Å². The number of carboxylic acids is 1. The van der Waals surface area contributed by atoms with Crippen molar-refractivity contribution >= 4 is 12.4 Å². The lowest BCUT2D eigenvalue weighted by atomic mass is 10.2. The molecule has 6 heteroatoms. The van der Waals surface area contributed by atoms with Crippen molar-refractivity contribution < 1.29 is 29.4 Å². The van der Waals surface area contributed by atoms with E-state index in [1.807, 2.05) is 21.1 Å². The van der Waals surface area contributed by atoms with E-state index in [9.17, 15) is 9.90 Å². The Balaban J connectivity index is 0. The fraction of sp³-hybridized carbons (Fsp3) is 0.750. The lowest BCUT2D eigenvalue weighted by Crippen LogP contribution is -2.43. The third-order valence-electron chi connectivity index (χ3n) is 1.16. The van der Waals surface area contributed by atoms with Crippen LogP contribution in [-0.4, -0.2) is 60.9 Å². The Morgan fingerprint density at radius 2 is 1.86 bits per heavy atom. The van der Waals surface area contributed by atoms with Crippen molar-refractivity contribution in [2.24, 2.45) is 0 Å². The summed E-state index contributed by atoms with van der Waals surface area (Å²) in [5.41, 5.74) is 0. The summed E-state index contributed by atoms with van der Waals surface area (Å²) in [6.45, 7) is 0.175. The number of carbonyl (C=O) groups is 2. The maximum atomic E-state index is 10.0. The molecule has 0 bridgehead atoms. The summed E-state index contributed by atoms with van der Waals surface area (Å²) in [5.74, 6) is -1.20. The molecule has 0 fully saturated rings. The van der Waals surface area contributed by atoms with Gasteiger partial charge in [-0.05, 0) is 0 Å². The molecule has 0 saturated carbocycles. The van der Waals surface area contributed by atoms with E-state index in [4.69, 9.17) is 15.0 Å². The Kier molecular flexibility index (Phi) is 7.98.